The fraction of sp³-hybridized carbons (Fsp3) is 0.769. The SMILES string of the molecule is OC(F)(C(F)(F)c1ccc(C(F)(F)C(O)(F)C(F)(F)C(F)(F)C(F)(F)C(F)(F)C(F)(F)C(F)(F)C(F)(F)C(F)(F)F)cc1)C(F)(F)C(F)(F)C(F)(F)C(F)(F)C(F)(F)C(F)(F)C(F)(F)C(F)(F)F. The monoisotopic (exact) mass is 1110 g/mol. The van der Waals surface area contributed by atoms with Crippen LogP contribution in [-0.4, -0.2) is 117 Å². The van der Waals surface area contributed by atoms with Crippen molar-refractivity contribution in [3.63, 3.8) is 0 Å². The van der Waals surface area contributed by atoms with Gasteiger partial charge in [-0.05, 0) is 0 Å². The summed E-state index contributed by atoms with van der Waals surface area (Å²) in [4.78, 5) is 0. The first kappa shape index (κ1) is 62.4. The molecule has 1 rings (SSSR count). The molecule has 0 aliphatic carbocycles. The Morgan fingerprint density at radius 3 is 0.441 bits per heavy atom. The van der Waals surface area contributed by atoms with Gasteiger partial charge in [0.2, 0.25) is 0 Å². The lowest BCUT2D eigenvalue weighted by atomic mass is 9.83. The number of hydrogen-bond donors (Lipinski definition) is 2. The molecule has 2 nitrogen and oxygen atoms in total. The second-order valence-corrected chi connectivity index (χ2v) is 13.0. The molecule has 0 saturated heterocycles. The zero-order valence-electron chi connectivity index (χ0n) is 29.3. The topological polar surface area (TPSA) is 40.5 Å². The van der Waals surface area contributed by atoms with Crippen LogP contribution >= 0.6 is 0 Å². The molecule has 0 aliphatic heterocycles. The van der Waals surface area contributed by atoms with Gasteiger partial charge in [0.1, 0.15) is 0 Å². The van der Waals surface area contributed by atoms with E-state index < -0.39 is 154 Å². The number of rotatable bonds is 18. The van der Waals surface area contributed by atoms with Crippen molar-refractivity contribution < 1.29 is 186 Å². The van der Waals surface area contributed by atoms with Crippen LogP contribution in [0.25, 0.3) is 0 Å². The predicted octanol–water partition coefficient (Wildman–Crippen LogP) is 13.2. The maximum Gasteiger partial charge on any atom is 0.460 e. The second kappa shape index (κ2) is 15.4. The summed E-state index contributed by atoms with van der Waals surface area (Å²) in [5, 5.41) is 17.8. The molecular formula is C26H6F40O2. The third kappa shape index (κ3) is 7.21. The van der Waals surface area contributed by atoms with Crippen LogP contribution < -0.4 is 0 Å². The minimum Gasteiger partial charge on any atom is -0.352 e. The molecule has 402 valence electrons. The summed E-state index contributed by atoms with van der Waals surface area (Å²) in [5.41, 5.74) is -7.31. The Labute approximate surface area is 341 Å². The molecule has 2 N–H and O–H groups in total. The van der Waals surface area contributed by atoms with Gasteiger partial charge in [-0.25, -0.2) is 0 Å². The van der Waals surface area contributed by atoms with Crippen molar-refractivity contribution in [1.29, 1.82) is 0 Å². The van der Waals surface area contributed by atoms with Gasteiger partial charge in [0, 0.05) is 11.1 Å². The molecular weight excluding hydrogens is 1100 g/mol. The van der Waals surface area contributed by atoms with Crippen molar-refractivity contribution in [1.82, 2.24) is 0 Å². The molecule has 0 aliphatic rings. The maximum atomic E-state index is 14.7. The Hall–Kier alpha value is -3.66. The maximum absolute atomic E-state index is 14.7. The minimum absolute atomic E-state index is 1.76. The second-order valence-electron chi connectivity index (χ2n) is 13.0. The number of aliphatic hydroxyl groups is 2. The summed E-state index contributed by atoms with van der Waals surface area (Å²) in [7, 11) is 0. The van der Waals surface area contributed by atoms with Crippen LogP contribution in [0, 0.1) is 0 Å². The highest BCUT2D eigenvalue weighted by Gasteiger charge is 2.99. The summed E-state index contributed by atoms with van der Waals surface area (Å²) >= 11 is 0. The van der Waals surface area contributed by atoms with Crippen LogP contribution in [0.15, 0.2) is 24.3 Å². The standard InChI is InChI=1S/C26H6F40O2/c27-7(28,23(59,67)19(51,52)15(43,44)11(35,36)9(31,32)13(39,40)17(47,48)21(55,56)25(61,62)63)5-1-2-6(4-3-5)8(29,30)24(60,68)20(53,54)16(45,46)12(37,38)10(33,34)14(41,42)18(49,50)22(57,58)26(64,65)66/h1-4,67-68H. The number of alkyl halides is 40. The lowest BCUT2D eigenvalue weighted by Gasteiger charge is -2.45. The van der Waals surface area contributed by atoms with Gasteiger partial charge in [0.25, 0.3) is 0 Å². The first-order chi connectivity index (χ1) is 28.7. The molecule has 0 heterocycles. The summed E-state index contributed by atoms with van der Waals surface area (Å²) in [6.07, 6.45) is -16.6. The van der Waals surface area contributed by atoms with E-state index in [1.165, 1.54) is 0 Å². The van der Waals surface area contributed by atoms with E-state index in [0.29, 0.717) is 0 Å². The van der Waals surface area contributed by atoms with E-state index in [-0.39, 0.29) is 0 Å². The van der Waals surface area contributed by atoms with E-state index in [1.54, 1.807) is 0 Å². The average molecular weight is 1110 g/mol. The third-order valence-electron chi connectivity index (χ3n) is 8.72. The molecule has 0 amide bonds. The summed E-state index contributed by atoms with van der Waals surface area (Å²) in [6.45, 7) is 0. The fourth-order valence-electron chi connectivity index (χ4n) is 4.41. The summed E-state index contributed by atoms with van der Waals surface area (Å²) < 4.78 is 545. The quantitative estimate of drug-likeness (QED) is 0.144. The van der Waals surface area contributed by atoms with Crippen molar-refractivity contribution in [2.24, 2.45) is 0 Å². The Morgan fingerprint density at radius 2 is 0.309 bits per heavy atom. The van der Waals surface area contributed by atoms with Gasteiger partial charge in [-0.3, -0.25) is 0 Å². The Morgan fingerprint density at radius 1 is 0.191 bits per heavy atom. The van der Waals surface area contributed by atoms with Crippen molar-refractivity contribution >= 4 is 0 Å². The van der Waals surface area contributed by atoms with Gasteiger partial charge in [0.05, 0.1) is 0 Å². The fourth-order valence-corrected chi connectivity index (χ4v) is 4.41. The molecule has 42 heteroatoms. The third-order valence-corrected chi connectivity index (χ3v) is 8.72. The molecule has 0 saturated carbocycles. The largest absolute Gasteiger partial charge is 0.460 e. The van der Waals surface area contributed by atoms with Gasteiger partial charge in [-0.1, -0.05) is 24.3 Å². The van der Waals surface area contributed by atoms with E-state index in [0.717, 1.165) is 0 Å². The number of halogens is 40. The average Bonchev–Trinajstić information content (AvgIpc) is 3.12. The molecule has 0 bridgehead atoms. The molecule has 0 aromatic heterocycles. The van der Waals surface area contributed by atoms with Crippen molar-refractivity contribution in [2.75, 3.05) is 0 Å². The van der Waals surface area contributed by atoms with E-state index in [9.17, 15) is 176 Å². The Balaban J connectivity index is 3.98. The molecule has 0 spiro atoms. The van der Waals surface area contributed by atoms with Gasteiger partial charge in [-0.15, -0.1) is 0 Å². The minimum atomic E-state index is -9.68. The molecule has 0 radical (unpaired) electrons. The molecule has 68 heavy (non-hydrogen) atoms. The lowest BCUT2D eigenvalue weighted by molar-refractivity contribution is -0.480. The molecule has 1 aromatic carbocycles. The Bertz CT molecular complexity index is 1840. The van der Waals surface area contributed by atoms with Gasteiger partial charge in [-0.2, -0.15) is 176 Å². The van der Waals surface area contributed by atoms with Crippen LogP contribution in [0.2, 0.25) is 0 Å². The smallest absolute Gasteiger partial charge is 0.352 e. The first-order valence-electron chi connectivity index (χ1n) is 14.8. The van der Waals surface area contributed by atoms with E-state index in [1.807, 2.05) is 0 Å². The van der Waals surface area contributed by atoms with Crippen molar-refractivity contribution in [3.8, 4) is 0 Å². The van der Waals surface area contributed by atoms with Crippen molar-refractivity contribution in [2.45, 2.75) is 119 Å². The van der Waals surface area contributed by atoms with Crippen LogP contribution in [0.4, 0.5) is 176 Å². The van der Waals surface area contributed by atoms with Gasteiger partial charge >= 0.3 is 119 Å². The van der Waals surface area contributed by atoms with Crippen molar-refractivity contribution in [3.05, 3.63) is 35.4 Å². The molecule has 2 atom stereocenters. The van der Waals surface area contributed by atoms with E-state index >= 15 is 0 Å². The van der Waals surface area contributed by atoms with Crippen LogP contribution in [0.1, 0.15) is 11.1 Å². The van der Waals surface area contributed by atoms with Crippen LogP contribution in [0.3, 0.4) is 0 Å². The zero-order valence-corrected chi connectivity index (χ0v) is 29.3. The van der Waals surface area contributed by atoms with Gasteiger partial charge < -0.3 is 10.2 Å². The van der Waals surface area contributed by atoms with Crippen LogP contribution in [-0.2, 0) is 11.8 Å². The van der Waals surface area contributed by atoms with Crippen LogP contribution in [0.5, 0.6) is 0 Å². The Kier molecular flexibility index (Phi) is 14.1. The lowest BCUT2D eigenvalue weighted by Crippen LogP contribution is -2.77. The van der Waals surface area contributed by atoms with E-state index in [2.05, 4.69) is 0 Å². The normalized spacial score (nSPS) is 18.4. The highest BCUT2D eigenvalue weighted by molar-refractivity contribution is 5.34. The molecule has 0 fully saturated rings. The molecule has 1 aromatic rings. The summed E-state index contributed by atoms with van der Waals surface area (Å²) in [6, 6.07) is -7.05. The zero-order chi connectivity index (χ0) is 56.0. The first-order valence-corrected chi connectivity index (χ1v) is 14.8. The summed E-state index contributed by atoms with van der Waals surface area (Å²) in [5.74, 6) is -164. The van der Waals surface area contributed by atoms with Gasteiger partial charge in [0.15, 0.2) is 0 Å². The highest BCUT2D eigenvalue weighted by atomic mass is 19.4. The predicted molar refractivity (Wildman–Crippen MR) is 128 cm³/mol. The highest BCUT2D eigenvalue weighted by Crippen LogP contribution is 2.69. The molecule has 2 unspecified atom stereocenters. The number of hydrogen-bond acceptors (Lipinski definition) is 2. The van der Waals surface area contributed by atoms with E-state index in [4.69, 9.17) is 10.2 Å². The number of benzene rings is 1.